The zero-order chi connectivity index (χ0) is 26.6. The molecule has 0 radical (unpaired) electrons. The summed E-state index contributed by atoms with van der Waals surface area (Å²) in [6.45, 7) is 0.533. The number of hydrogen-bond acceptors (Lipinski definition) is 5. The second-order valence-corrected chi connectivity index (χ2v) is 9.86. The van der Waals surface area contributed by atoms with Crippen LogP contribution in [0, 0.1) is 5.82 Å². The fourth-order valence-corrected chi connectivity index (χ4v) is 5.22. The van der Waals surface area contributed by atoms with E-state index in [-0.39, 0.29) is 18.8 Å². The van der Waals surface area contributed by atoms with Crippen LogP contribution in [0.25, 0.3) is 55.8 Å². The van der Waals surface area contributed by atoms with Crippen molar-refractivity contribution >= 4 is 22.1 Å². The van der Waals surface area contributed by atoms with Gasteiger partial charge in [0.1, 0.15) is 11.5 Å². The Morgan fingerprint density at radius 2 is 1.79 bits per heavy atom. The van der Waals surface area contributed by atoms with Crippen molar-refractivity contribution in [2.75, 3.05) is 13.1 Å². The van der Waals surface area contributed by atoms with E-state index in [1.54, 1.807) is 41.7 Å². The molecular formula is C29H22F3N7. The van der Waals surface area contributed by atoms with Crippen LogP contribution in [-0.4, -0.2) is 54.0 Å². The molecule has 0 saturated carbocycles. The van der Waals surface area contributed by atoms with Gasteiger partial charge in [-0.2, -0.15) is 5.10 Å². The number of benzene rings is 2. The van der Waals surface area contributed by atoms with Crippen LogP contribution >= 0.6 is 0 Å². The summed E-state index contributed by atoms with van der Waals surface area (Å²) < 4.78 is 41.8. The molecule has 1 saturated heterocycles. The van der Waals surface area contributed by atoms with Gasteiger partial charge in [0, 0.05) is 60.4 Å². The van der Waals surface area contributed by atoms with Crippen molar-refractivity contribution in [2.45, 2.75) is 18.9 Å². The second kappa shape index (κ2) is 9.02. The van der Waals surface area contributed by atoms with E-state index >= 15 is 0 Å². The number of aromatic nitrogens is 6. The molecular weight excluding hydrogens is 503 g/mol. The number of likely N-dealkylation sites (tertiary alicyclic amines) is 1. The Morgan fingerprint density at radius 1 is 0.949 bits per heavy atom. The first-order valence-electron chi connectivity index (χ1n) is 12.6. The number of imidazole rings is 1. The monoisotopic (exact) mass is 525 g/mol. The number of pyridine rings is 2. The Bertz CT molecular complexity index is 1840. The van der Waals surface area contributed by atoms with Gasteiger partial charge >= 0.3 is 0 Å². The summed E-state index contributed by atoms with van der Waals surface area (Å²) in [6, 6.07) is 16.1. The average molecular weight is 526 g/mol. The number of alkyl halides is 2. The van der Waals surface area contributed by atoms with Crippen LogP contribution in [0.15, 0.2) is 73.2 Å². The molecule has 1 aliphatic heterocycles. The summed E-state index contributed by atoms with van der Waals surface area (Å²) >= 11 is 0. The normalized spacial score (nSPS) is 15.5. The van der Waals surface area contributed by atoms with Crippen molar-refractivity contribution in [3.63, 3.8) is 0 Å². The minimum Gasteiger partial charge on any atom is -0.337 e. The summed E-state index contributed by atoms with van der Waals surface area (Å²) in [5, 5.41) is 8.18. The van der Waals surface area contributed by atoms with E-state index in [2.05, 4.69) is 25.1 Å². The van der Waals surface area contributed by atoms with Gasteiger partial charge in [-0.05, 0) is 29.8 Å². The van der Waals surface area contributed by atoms with Crippen LogP contribution < -0.4 is 0 Å². The highest BCUT2D eigenvalue weighted by molar-refractivity contribution is 5.97. The Labute approximate surface area is 220 Å². The fraction of sp³-hybridized carbons (Fsp3) is 0.172. The lowest BCUT2D eigenvalue weighted by Gasteiger charge is -2.15. The molecule has 0 bridgehead atoms. The van der Waals surface area contributed by atoms with Crippen molar-refractivity contribution < 1.29 is 13.2 Å². The number of rotatable bonds is 5. The van der Waals surface area contributed by atoms with E-state index in [0.29, 0.717) is 46.9 Å². The number of fused-ring (bicyclic) bond motifs is 2. The van der Waals surface area contributed by atoms with Crippen LogP contribution in [0.2, 0.25) is 0 Å². The molecule has 7 nitrogen and oxygen atoms in total. The van der Waals surface area contributed by atoms with Crippen LogP contribution in [0.5, 0.6) is 0 Å². The van der Waals surface area contributed by atoms with Gasteiger partial charge in [0.2, 0.25) is 0 Å². The van der Waals surface area contributed by atoms with Gasteiger partial charge in [-0.3, -0.25) is 15.0 Å². The Hall–Kier alpha value is -4.57. The van der Waals surface area contributed by atoms with Gasteiger partial charge in [-0.25, -0.2) is 23.1 Å². The van der Waals surface area contributed by atoms with Gasteiger partial charge in [-0.15, -0.1) is 0 Å². The molecule has 4 aromatic heterocycles. The third-order valence-electron chi connectivity index (χ3n) is 7.10. The van der Waals surface area contributed by atoms with Gasteiger partial charge < -0.3 is 4.98 Å². The van der Waals surface area contributed by atoms with Crippen molar-refractivity contribution in [1.82, 2.24) is 35.0 Å². The Balaban J connectivity index is 1.25. The minimum atomic E-state index is -2.63. The Kier molecular flexibility index (Phi) is 5.44. The predicted molar refractivity (Wildman–Crippen MR) is 142 cm³/mol. The summed E-state index contributed by atoms with van der Waals surface area (Å²) in [5.74, 6) is -2.42. The van der Waals surface area contributed by atoms with Gasteiger partial charge in [0.05, 0.1) is 23.0 Å². The molecule has 6 aromatic rings. The Morgan fingerprint density at radius 3 is 2.64 bits per heavy atom. The lowest BCUT2D eigenvalue weighted by molar-refractivity contribution is 0.0115. The predicted octanol–water partition coefficient (Wildman–Crippen LogP) is 6.21. The molecule has 194 valence electrons. The molecule has 2 aromatic carbocycles. The molecule has 39 heavy (non-hydrogen) atoms. The zero-order valence-electron chi connectivity index (χ0n) is 20.6. The maximum atomic E-state index is 14.6. The molecule has 0 spiro atoms. The third-order valence-corrected chi connectivity index (χ3v) is 7.10. The maximum absolute atomic E-state index is 14.6. The number of H-pyrrole nitrogens is 2. The number of nitrogens with one attached hydrogen (secondary N) is 2. The van der Waals surface area contributed by atoms with Crippen LogP contribution in [0.3, 0.4) is 0 Å². The standard InChI is InChI=1S/C29H22F3N7/c30-23-6-2-1-4-20(23)21-5-3-7-24-25(21)36-28(35-24)26-22-11-19(14-34-27(22)38-37-26)18-10-17(12-33-13-18)15-39-9-8-29(31,32)16-39/h1-7,10-14H,8-9,15-16H2,(H,35,36)(H,34,37,38). The zero-order valence-corrected chi connectivity index (χ0v) is 20.6. The maximum Gasteiger partial charge on any atom is 0.261 e. The highest BCUT2D eigenvalue weighted by Crippen LogP contribution is 2.34. The summed E-state index contributed by atoms with van der Waals surface area (Å²) in [6.07, 6.45) is 5.04. The molecule has 0 amide bonds. The molecule has 1 aliphatic rings. The van der Waals surface area contributed by atoms with Crippen molar-refractivity contribution in [3.05, 3.63) is 84.6 Å². The lowest BCUT2D eigenvalue weighted by Crippen LogP contribution is -2.24. The van der Waals surface area contributed by atoms with Crippen molar-refractivity contribution in [3.8, 4) is 33.8 Å². The first-order chi connectivity index (χ1) is 18.9. The van der Waals surface area contributed by atoms with E-state index in [1.165, 1.54) is 6.07 Å². The second-order valence-electron chi connectivity index (χ2n) is 9.86. The van der Waals surface area contributed by atoms with E-state index in [0.717, 1.165) is 27.6 Å². The average Bonchev–Trinajstić information content (AvgIpc) is 3.64. The molecule has 0 atom stereocenters. The number of para-hydroxylation sites is 1. The molecule has 5 heterocycles. The van der Waals surface area contributed by atoms with Crippen molar-refractivity contribution in [1.29, 1.82) is 0 Å². The molecule has 0 aliphatic carbocycles. The first kappa shape index (κ1) is 23.5. The summed E-state index contributed by atoms with van der Waals surface area (Å²) in [4.78, 5) is 18.7. The van der Waals surface area contributed by atoms with Gasteiger partial charge in [-0.1, -0.05) is 30.3 Å². The van der Waals surface area contributed by atoms with E-state index in [1.807, 2.05) is 30.3 Å². The molecule has 1 fully saturated rings. The topological polar surface area (TPSA) is 86.4 Å². The number of halogens is 3. The summed E-state index contributed by atoms with van der Waals surface area (Å²) in [7, 11) is 0. The van der Waals surface area contributed by atoms with Crippen LogP contribution in [0.4, 0.5) is 13.2 Å². The SMILES string of the molecule is Fc1ccccc1-c1cccc2[nH]c(-c3n[nH]c4ncc(-c5cncc(CN6CCC(F)(F)C6)c5)cc34)nc12. The number of nitrogens with zero attached hydrogens (tertiary/aromatic N) is 5. The third kappa shape index (κ3) is 4.32. The van der Waals surface area contributed by atoms with Gasteiger partial charge in [0.15, 0.2) is 11.5 Å². The van der Waals surface area contributed by atoms with Crippen LogP contribution in [0.1, 0.15) is 12.0 Å². The minimum absolute atomic E-state index is 0.118. The number of hydrogen-bond donors (Lipinski definition) is 2. The highest BCUT2D eigenvalue weighted by Gasteiger charge is 2.37. The largest absolute Gasteiger partial charge is 0.337 e. The van der Waals surface area contributed by atoms with E-state index < -0.39 is 5.92 Å². The van der Waals surface area contributed by atoms with Gasteiger partial charge in [0.25, 0.3) is 5.92 Å². The quantitative estimate of drug-likeness (QED) is 0.280. The van der Waals surface area contributed by atoms with Crippen molar-refractivity contribution in [2.24, 2.45) is 0 Å². The molecule has 2 N–H and O–H groups in total. The van der Waals surface area contributed by atoms with Crippen LogP contribution in [-0.2, 0) is 6.54 Å². The van der Waals surface area contributed by atoms with E-state index in [4.69, 9.17) is 4.98 Å². The first-order valence-corrected chi connectivity index (χ1v) is 12.6. The molecule has 0 unspecified atom stereocenters. The number of aromatic amines is 2. The summed E-state index contributed by atoms with van der Waals surface area (Å²) in [5.41, 5.74) is 6.23. The fourth-order valence-electron chi connectivity index (χ4n) is 5.22. The van der Waals surface area contributed by atoms with E-state index in [9.17, 15) is 13.2 Å². The molecule has 7 rings (SSSR count). The smallest absolute Gasteiger partial charge is 0.261 e. The molecule has 10 heteroatoms. The lowest BCUT2D eigenvalue weighted by atomic mass is 10.0. The highest BCUT2D eigenvalue weighted by atomic mass is 19.3.